The number of aromatic nitrogens is 1. The van der Waals surface area contributed by atoms with Crippen molar-refractivity contribution < 1.29 is 4.74 Å². The molecule has 0 saturated carbocycles. The van der Waals surface area contributed by atoms with E-state index in [1.54, 1.807) is 18.3 Å². The lowest BCUT2D eigenvalue weighted by Crippen LogP contribution is -1.98. The van der Waals surface area contributed by atoms with Gasteiger partial charge in [-0.25, -0.2) is 4.98 Å². The second-order valence-electron chi connectivity index (χ2n) is 2.30. The van der Waals surface area contributed by atoms with E-state index < -0.39 is 0 Å². The maximum atomic E-state index is 5.53. The molecule has 12 heavy (non-hydrogen) atoms. The first-order valence-corrected chi connectivity index (χ1v) is 3.78. The zero-order chi connectivity index (χ0) is 8.97. The van der Waals surface area contributed by atoms with E-state index in [0.29, 0.717) is 18.2 Å². The Morgan fingerprint density at radius 1 is 1.75 bits per heavy atom. The molecular formula is C9H12N2O. The summed E-state index contributed by atoms with van der Waals surface area (Å²) in [5, 5.41) is 0. The van der Waals surface area contributed by atoms with E-state index in [2.05, 4.69) is 11.6 Å². The minimum atomic E-state index is 0.585. The Kier molecular flexibility index (Phi) is 2.69. The van der Waals surface area contributed by atoms with Crippen molar-refractivity contribution in [1.82, 2.24) is 4.98 Å². The number of hydrogen-bond donors (Lipinski definition) is 1. The SMILES string of the molecule is C=Cc1cc(N)cnc1OCC. The van der Waals surface area contributed by atoms with Gasteiger partial charge in [-0.15, -0.1) is 0 Å². The van der Waals surface area contributed by atoms with Gasteiger partial charge in [0.1, 0.15) is 0 Å². The second-order valence-corrected chi connectivity index (χ2v) is 2.30. The van der Waals surface area contributed by atoms with Crippen LogP contribution in [0.5, 0.6) is 5.88 Å². The molecule has 0 aromatic carbocycles. The van der Waals surface area contributed by atoms with Crippen LogP contribution in [0.25, 0.3) is 6.08 Å². The zero-order valence-electron chi connectivity index (χ0n) is 7.08. The molecule has 0 saturated heterocycles. The number of rotatable bonds is 3. The van der Waals surface area contributed by atoms with Gasteiger partial charge in [0.05, 0.1) is 18.5 Å². The third-order valence-corrected chi connectivity index (χ3v) is 1.40. The van der Waals surface area contributed by atoms with Gasteiger partial charge < -0.3 is 10.5 Å². The molecule has 0 aliphatic heterocycles. The summed E-state index contributed by atoms with van der Waals surface area (Å²) in [6.45, 7) is 6.14. The fourth-order valence-corrected chi connectivity index (χ4v) is 0.890. The van der Waals surface area contributed by atoms with E-state index in [0.717, 1.165) is 5.56 Å². The summed E-state index contributed by atoms with van der Waals surface area (Å²) in [6.07, 6.45) is 3.24. The van der Waals surface area contributed by atoms with Gasteiger partial charge in [0.2, 0.25) is 5.88 Å². The molecule has 1 heterocycles. The molecule has 2 N–H and O–H groups in total. The summed E-state index contributed by atoms with van der Waals surface area (Å²) in [7, 11) is 0. The lowest BCUT2D eigenvalue weighted by molar-refractivity contribution is 0.326. The van der Waals surface area contributed by atoms with Crippen LogP contribution in [0.15, 0.2) is 18.8 Å². The van der Waals surface area contributed by atoms with Gasteiger partial charge in [0.25, 0.3) is 0 Å². The molecule has 0 radical (unpaired) electrons. The summed E-state index contributed by atoms with van der Waals surface area (Å²) in [5.41, 5.74) is 6.98. The average Bonchev–Trinajstić information content (AvgIpc) is 2.08. The maximum Gasteiger partial charge on any atom is 0.220 e. The number of hydrogen-bond acceptors (Lipinski definition) is 3. The van der Waals surface area contributed by atoms with Crippen LogP contribution < -0.4 is 10.5 Å². The highest BCUT2D eigenvalue weighted by atomic mass is 16.5. The molecule has 1 aromatic heterocycles. The molecule has 1 aromatic rings. The van der Waals surface area contributed by atoms with Gasteiger partial charge in [-0.2, -0.15) is 0 Å². The summed E-state index contributed by atoms with van der Waals surface area (Å²) in [5.74, 6) is 0.585. The Hall–Kier alpha value is -1.51. The summed E-state index contributed by atoms with van der Waals surface area (Å²) in [4.78, 5) is 4.02. The lowest BCUT2D eigenvalue weighted by atomic mass is 10.2. The van der Waals surface area contributed by atoms with Gasteiger partial charge in [-0.1, -0.05) is 12.7 Å². The maximum absolute atomic E-state index is 5.53. The number of anilines is 1. The van der Waals surface area contributed by atoms with E-state index in [-0.39, 0.29) is 0 Å². The van der Waals surface area contributed by atoms with Gasteiger partial charge in [-0.3, -0.25) is 0 Å². The predicted octanol–water partition coefficient (Wildman–Crippen LogP) is 1.71. The largest absolute Gasteiger partial charge is 0.478 e. The molecule has 1 rings (SSSR count). The number of nitrogen functional groups attached to an aromatic ring is 1. The fraction of sp³-hybridized carbons (Fsp3) is 0.222. The van der Waals surface area contributed by atoms with Crippen LogP contribution >= 0.6 is 0 Å². The van der Waals surface area contributed by atoms with Crippen molar-refractivity contribution in [2.45, 2.75) is 6.92 Å². The highest BCUT2D eigenvalue weighted by molar-refractivity contribution is 5.57. The van der Waals surface area contributed by atoms with Crippen LogP contribution in [0.1, 0.15) is 12.5 Å². The van der Waals surface area contributed by atoms with Crippen molar-refractivity contribution in [3.63, 3.8) is 0 Å². The third-order valence-electron chi connectivity index (χ3n) is 1.40. The van der Waals surface area contributed by atoms with E-state index in [9.17, 15) is 0 Å². The first kappa shape index (κ1) is 8.59. The Morgan fingerprint density at radius 3 is 3.08 bits per heavy atom. The van der Waals surface area contributed by atoms with Crippen molar-refractivity contribution in [3.05, 3.63) is 24.4 Å². The highest BCUT2D eigenvalue weighted by Crippen LogP contribution is 2.18. The summed E-state index contributed by atoms with van der Waals surface area (Å²) in [6, 6.07) is 1.78. The fourth-order valence-electron chi connectivity index (χ4n) is 0.890. The van der Waals surface area contributed by atoms with Crippen LogP contribution in [0.3, 0.4) is 0 Å². The van der Waals surface area contributed by atoms with Crippen molar-refractivity contribution in [2.24, 2.45) is 0 Å². The Bertz CT molecular complexity index is 284. The third kappa shape index (κ3) is 1.75. The normalized spacial score (nSPS) is 9.42. The van der Waals surface area contributed by atoms with E-state index in [1.165, 1.54) is 0 Å². The van der Waals surface area contributed by atoms with E-state index >= 15 is 0 Å². The van der Waals surface area contributed by atoms with Crippen molar-refractivity contribution in [2.75, 3.05) is 12.3 Å². The molecule has 0 bridgehead atoms. The molecule has 3 heteroatoms. The smallest absolute Gasteiger partial charge is 0.220 e. The predicted molar refractivity (Wildman–Crippen MR) is 49.9 cm³/mol. The molecular weight excluding hydrogens is 152 g/mol. The first-order chi connectivity index (χ1) is 5.77. The van der Waals surface area contributed by atoms with Crippen molar-refractivity contribution >= 4 is 11.8 Å². The monoisotopic (exact) mass is 164 g/mol. The topological polar surface area (TPSA) is 48.1 Å². The Morgan fingerprint density at radius 2 is 2.50 bits per heavy atom. The van der Waals surface area contributed by atoms with Crippen molar-refractivity contribution in [1.29, 1.82) is 0 Å². The van der Waals surface area contributed by atoms with Crippen LogP contribution in [0, 0.1) is 0 Å². The van der Waals surface area contributed by atoms with Crippen LogP contribution in [-0.2, 0) is 0 Å². The lowest BCUT2D eigenvalue weighted by Gasteiger charge is -2.05. The zero-order valence-corrected chi connectivity index (χ0v) is 7.08. The molecule has 0 atom stereocenters. The molecule has 0 amide bonds. The molecule has 64 valence electrons. The number of ether oxygens (including phenoxy) is 1. The quantitative estimate of drug-likeness (QED) is 0.739. The van der Waals surface area contributed by atoms with Gasteiger partial charge in [0.15, 0.2) is 0 Å². The first-order valence-electron chi connectivity index (χ1n) is 3.78. The number of pyridine rings is 1. The van der Waals surface area contributed by atoms with Gasteiger partial charge in [-0.05, 0) is 13.0 Å². The van der Waals surface area contributed by atoms with E-state index in [4.69, 9.17) is 10.5 Å². The van der Waals surface area contributed by atoms with Crippen LogP contribution in [0.2, 0.25) is 0 Å². The van der Waals surface area contributed by atoms with E-state index in [1.807, 2.05) is 6.92 Å². The molecule has 0 unspecified atom stereocenters. The standard InChI is InChI=1S/C9H12N2O/c1-3-7-5-8(10)6-11-9(7)12-4-2/h3,5-6H,1,4,10H2,2H3. The molecule has 0 spiro atoms. The Labute approximate surface area is 71.9 Å². The van der Waals surface area contributed by atoms with Crippen LogP contribution in [0.4, 0.5) is 5.69 Å². The summed E-state index contributed by atoms with van der Waals surface area (Å²) >= 11 is 0. The highest BCUT2D eigenvalue weighted by Gasteiger charge is 2.00. The van der Waals surface area contributed by atoms with Crippen molar-refractivity contribution in [3.8, 4) is 5.88 Å². The molecule has 0 aliphatic rings. The molecule has 0 fully saturated rings. The number of nitrogens with zero attached hydrogens (tertiary/aromatic N) is 1. The minimum absolute atomic E-state index is 0.585. The Balaban J connectivity index is 3.02. The summed E-state index contributed by atoms with van der Waals surface area (Å²) < 4.78 is 5.24. The van der Waals surface area contributed by atoms with Gasteiger partial charge >= 0.3 is 0 Å². The molecule has 3 nitrogen and oxygen atoms in total. The second kappa shape index (κ2) is 3.76. The van der Waals surface area contributed by atoms with Crippen LogP contribution in [-0.4, -0.2) is 11.6 Å². The van der Waals surface area contributed by atoms with Gasteiger partial charge in [0, 0.05) is 5.56 Å². The average molecular weight is 164 g/mol. The molecule has 0 aliphatic carbocycles. The minimum Gasteiger partial charge on any atom is -0.478 e. The number of nitrogens with two attached hydrogens (primary N) is 1.